The van der Waals surface area contributed by atoms with Crippen LogP contribution in [0.1, 0.15) is 46.0 Å². The van der Waals surface area contributed by atoms with E-state index in [1.54, 1.807) is 0 Å². The van der Waals surface area contributed by atoms with Crippen LogP contribution in [0.3, 0.4) is 0 Å². The molecule has 1 unspecified atom stereocenters. The van der Waals surface area contributed by atoms with E-state index in [2.05, 4.69) is 48.5 Å². The van der Waals surface area contributed by atoms with E-state index in [1.165, 1.54) is 12.8 Å². The molecule has 1 rings (SSSR count). The Morgan fingerprint density at radius 3 is 2.46 bits per heavy atom. The highest BCUT2D eigenvalue weighted by Gasteiger charge is 2.20. The Labute approximate surface area is 161 Å². The summed E-state index contributed by atoms with van der Waals surface area (Å²) in [4.78, 5) is 6.66. The maximum absolute atomic E-state index is 5.82. The lowest BCUT2D eigenvalue weighted by molar-refractivity contribution is 0.0203. The van der Waals surface area contributed by atoms with E-state index in [9.17, 15) is 0 Å². The van der Waals surface area contributed by atoms with E-state index in [1.807, 2.05) is 7.05 Å². The molecule has 1 heterocycles. The number of ether oxygens (including phenoxy) is 2. The molecular formula is C20H42N4O2. The van der Waals surface area contributed by atoms with Crippen LogP contribution >= 0.6 is 0 Å². The molecule has 1 fully saturated rings. The summed E-state index contributed by atoms with van der Waals surface area (Å²) in [7, 11) is 6.16. The maximum Gasteiger partial charge on any atom is 0.191 e. The Hall–Kier alpha value is -0.850. The second-order valence-corrected chi connectivity index (χ2v) is 7.47. The minimum absolute atomic E-state index is 0.520. The molecule has 26 heavy (non-hydrogen) atoms. The van der Waals surface area contributed by atoms with E-state index in [0.717, 1.165) is 64.7 Å². The molecule has 6 heteroatoms. The fourth-order valence-electron chi connectivity index (χ4n) is 3.57. The average Bonchev–Trinajstić information content (AvgIpc) is 2.66. The number of nitrogens with zero attached hydrogens (tertiary/aromatic N) is 2. The average molecular weight is 371 g/mol. The molecule has 0 radical (unpaired) electrons. The van der Waals surface area contributed by atoms with Crippen molar-refractivity contribution in [2.24, 2.45) is 16.8 Å². The van der Waals surface area contributed by atoms with Crippen molar-refractivity contribution in [3.8, 4) is 0 Å². The number of nitrogens with one attached hydrogen (secondary N) is 2. The van der Waals surface area contributed by atoms with Crippen molar-refractivity contribution in [2.75, 3.05) is 60.7 Å². The Morgan fingerprint density at radius 1 is 1.19 bits per heavy atom. The third-order valence-corrected chi connectivity index (χ3v) is 5.41. The summed E-state index contributed by atoms with van der Waals surface area (Å²) in [5.74, 6) is 2.26. The molecule has 0 aromatic heterocycles. The lowest BCUT2D eigenvalue weighted by atomic mass is 9.93. The molecule has 154 valence electrons. The SMILES string of the molecule is CCC(CC)C(CNC(=NC)NCCCOCC1CCOCC1)N(C)C. The van der Waals surface area contributed by atoms with E-state index in [-0.39, 0.29) is 0 Å². The van der Waals surface area contributed by atoms with Gasteiger partial charge in [0.25, 0.3) is 0 Å². The first-order valence-corrected chi connectivity index (χ1v) is 10.4. The summed E-state index contributed by atoms with van der Waals surface area (Å²) in [5, 5.41) is 6.88. The summed E-state index contributed by atoms with van der Waals surface area (Å²) >= 11 is 0. The van der Waals surface area contributed by atoms with Crippen molar-refractivity contribution in [1.29, 1.82) is 0 Å². The second-order valence-electron chi connectivity index (χ2n) is 7.47. The van der Waals surface area contributed by atoms with Crippen LogP contribution < -0.4 is 10.6 Å². The largest absolute Gasteiger partial charge is 0.381 e. The number of hydrogen-bond donors (Lipinski definition) is 2. The van der Waals surface area contributed by atoms with Crippen LogP contribution in [-0.2, 0) is 9.47 Å². The zero-order valence-electron chi connectivity index (χ0n) is 17.7. The Balaban J connectivity index is 2.17. The molecule has 6 nitrogen and oxygen atoms in total. The van der Waals surface area contributed by atoms with Crippen LogP contribution in [0.4, 0.5) is 0 Å². The lowest BCUT2D eigenvalue weighted by Crippen LogP contribution is -2.48. The summed E-state index contributed by atoms with van der Waals surface area (Å²) in [5.41, 5.74) is 0. The Kier molecular flexibility index (Phi) is 12.7. The zero-order valence-corrected chi connectivity index (χ0v) is 17.7. The van der Waals surface area contributed by atoms with Gasteiger partial charge in [-0.1, -0.05) is 26.7 Å². The van der Waals surface area contributed by atoms with Crippen molar-refractivity contribution in [3.63, 3.8) is 0 Å². The van der Waals surface area contributed by atoms with Crippen molar-refractivity contribution in [2.45, 2.75) is 52.0 Å². The fourth-order valence-corrected chi connectivity index (χ4v) is 3.57. The minimum Gasteiger partial charge on any atom is -0.381 e. The highest BCUT2D eigenvalue weighted by atomic mass is 16.5. The number of rotatable bonds is 12. The van der Waals surface area contributed by atoms with Gasteiger partial charge in [0.1, 0.15) is 0 Å². The van der Waals surface area contributed by atoms with Gasteiger partial charge < -0.3 is 25.0 Å². The first-order chi connectivity index (χ1) is 12.6. The van der Waals surface area contributed by atoms with E-state index >= 15 is 0 Å². The van der Waals surface area contributed by atoms with Crippen LogP contribution in [0, 0.1) is 11.8 Å². The van der Waals surface area contributed by atoms with Crippen LogP contribution in [0.25, 0.3) is 0 Å². The van der Waals surface area contributed by atoms with E-state index < -0.39 is 0 Å². The molecule has 1 aliphatic heterocycles. The molecule has 1 aliphatic rings. The molecule has 1 atom stereocenters. The Morgan fingerprint density at radius 2 is 1.88 bits per heavy atom. The van der Waals surface area contributed by atoms with E-state index in [4.69, 9.17) is 9.47 Å². The third-order valence-electron chi connectivity index (χ3n) is 5.41. The fraction of sp³-hybridized carbons (Fsp3) is 0.950. The molecule has 0 spiro atoms. The summed E-state index contributed by atoms with van der Waals surface area (Å²) in [6, 6.07) is 0.520. The number of hydrogen-bond acceptors (Lipinski definition) is 4. The summed E-state index contributed by atoms with van der Waals surface area (Å²) in [6.45, 7) is 9.80. The predicted molar refractivity (Wildman–Crippen MR) is 110 cm³/mol. The molecule has 0 saturated carbocycles. The number of likely N-dealkylation sites (N-methyl/N-ethyl adjacent to an activating group) is 1. The van der Waals surface area contributed by atoms with Crippen molar-refractivity contribution >= 4 is 5.96 Å². The molecule has 0 aromatic rings. The van der Waals surface area contributed by atoms with Gasteiger partial charge >= 0.3 is 0 Å². The predicted octanol–water partition coefficient (Wildman–Crippen LogP) is 2.35. The van der Waals surface area contributed by atoms with Gasteiger partial charge in [-0.2, -0.15) is 0 Å². The van der Waals surface area contributed by atoms with Gasteiger partial charge in [-0.05, 0) is 45.2 Å². The van der Waals surface area contributed by atoms with Crippen LogP contribution in [0.5, 0.6) is 0 Å². The smallest absolute Gasteiger partial charge is 0.191 e. The normalized spacial score (nSPS) is 17.7. The first-order valence-electron chi connectivity index (χ1n) is 10.4. The van der Waals surface area contributed by atoms with Crippen LogP contribution in [0.15, 0.2) is 4.99 Å². The highest BCUT2D eigenvalue weighted by Crippen LogP contribution is 2.16. The van der Waals surface area contributed by atoms with Gasteiger partial charge in [0, 0.05) is 52.6 Å². The van der Waals surface area contributed by atoms with Crippen LogP contribution in [0.2, 0.25) is 0 Å². The van der Waals surface area contributed by atoms with Crippen molar-refractivity contribution in [1.82, 2.24) is 15.5 Å². The first kappa shape index (κ1) is 23.2. The van der Waals surface area contributed by atoms with Crippen LogP contribution in [-0.4, -0.2) is 77.6 Å². The lowest BCUT2D eigenvalue weighted by Gasteiger charge is -2.32. The summed E-state index contributed by atoms with van der Waals surface area (Å²) < 4.78 is 11.2. The van der Waals surface area contributed by atoms with Gasteiger partial charge in [-0.15, -0.1) is 0 Å². The minimum atomic E-state index is 0.520. The molecule has 0 amide bonds. The monoisotopic (exact) mass is 370 g/mol. The van der Waals surface area contributed by atoms with Crippen molar-refractivity contribution < 1.29 is 9.47 Å². The molecule has 1 saturated heterocycles. The maximum atomic E-state index is 5.82. The van der Waals surface area contributed by atoms with Gasteiger partial charge in [-0.25, -0.2) is 0 Å². The zero-order chi connectivity index (χ0) is 19.2. The topological polar surface area (TPSA) is 58.1 Å². The standard InChI is InChI=1S/C20H42N4O2/c1-6-18(7-2)19(24(4)5)15-23-20(21-3)22-11-8-12-26-16-17-9-13-25-14-10-17/h17-19H,6-16H2,1-5H3,(H2,21,22,23). The quantitative estimate of drug-likeness (QED) is 0.314. The molecule has 0 bridgehead atoms. The van der Waals surface area contributed by atoms with Gasteiger partial charge in [0.2, 0.25) is 0 Å². The number of aliphatic imine (C=N–C) groups is 1. The molecule has 0 aliphatic carbocycles. The molecule has 2 N–H and O–H groups in total. The highest BCUT2D eigenvalue weighted by molar-refractivity contribution is 5.79. The van der Waals surface area contributed by atoms with Crippen molar-refractivity contribution in [3.05, 3.63) is 0 Å². The molecular weight excluding hydrogens is 328 g/mol. The third kappa shape index (κ3) is 9.19. The summed E-state index contributed by atoms with van der Waals surface area (Å²) in [6.07, 6.45) is 5.68. The van der Waals surface area contributed by atoms with Gasteiger partial charge in [0.05, 0.1) is 0 Å². The number of guanidine groups is 1. The van der Waals surface area contributed by atoms with Gasteiger partial charge in [-0.3, -0.25) is 4.99 Å². The Bertz CT molecular complexity index is 367. The second kappa shape index (κ2) is 14.2. The molecule has 0 aromatic carbocycles. The van der Waals surface area contributed by atoms with Gasteiger partial charge in [0.15, 0.2) is 5.96 Å². The van der Waals surface area contributed by atoms with E-state index in [0.29, 0.717) is 17.9 Å².